The predicted molar refractivity (Wildman–Crippen MR) is 247 cm³/mol. The lowest BCUT2D eigenvalue weighted by molar-refractivity contribution is 0.590. The highest BCUT2D eigenvalue weighted by atomic mass is 16.3. The molecule has 11 rings (SSSR count). The Bertz CT molecular complexity index is 3030. The fourth-order valence-electron chi connectivity index (χ4n) is 9.68. The molecule has 58 heavy (non-hydrogen) atoms. The van der Waals surface area contributed by atoms with E-state index < -0.39 is 0 Å². The van der Waals surface area contributed by atoms with Crippen LogP contribution in [0.1, 0.15) is 58.2 Å². The molecule has 2 aromatic heterocycles. The number of rotatable bonds is 4. The first kappa shape index (κ1) is 34.8. The third-order valence-corrected chi connectivity index (χ3v) is 12.5. The minimum atomic E-state index is -0.107. The number of hydrogen-bond donors (Lipinski definition) is 0. The van der Waals surface area contributed by atoms with Crippen LogP contribution < -0.4 is 20.7 Å². The van der Waals surface area contributed by atoms with Crippen molar-refractivity contribution in [2.24, 2.45) is 0 Å². The Morgan fingerprint density at radius 1 is 0.534 bits per heavy atom. The van der Waals surface area contributed by atoms with Crippen LogP contribution in [0, 0.1) is 6.92 Å². The predicted octanol–water partition coefficient (Wildman–Crippen LogP) is 13.3. The molecule has 0 fully saturated rings. The Morgan fingerprint density at radius 2 is 1.16 bits per heavy atom. The summed E-state index contributed by atoms with van der Waals surface area (Å²) in [6.45, 7) is 15.8. The van der Waals surface area contributed by atoms with Crippen LogP contribution >= 0.6 is 0 Å². The number of nitrogens with zero attached hydrogens (tertiary/aromatic N) is 3. The van der Waals surface area contributed by atoms with Gasteiger partial charge < -0.3 is 18.7 Å². The van der Waals surface area contributed by atoms with Gasteiger partial charge in [0, 0.05) is 56.0 Å². The van der Waals surface area contributed by atoms with E-state index in [9.17, 15) is 0 Å². The number of anilines is 6. The van der Waals surface area contributed by atoms with Crippen molar-refractivity contribution in [3.05, 3.63) is 168 Å². The van der Waals surface area contributed by atoms with Crippen LogP contribution in [0.5, 0.6) is 0 Å². The van der Waals surface area contributed by atoms with Gasteiger partial charge in [-0.2, -0.15) is 0 Å². The highest BCUT2D eigenvalue weighted by molar-refractivity contribution is 6.90. The average molecular weight is 752 g/mol. The van der Waals surface area contributed by atoms with Crippen molar-refractivity contribution in [1.82, 2.24) is 4.48 Å². The van der Waals surface area contributed by atoms with Crippen molar-refractivity contribution < 1.29 is 4.42 Å². The highest BCUT2D eigenvalue weighted by Crippen LogP contribution is 2.48. The second-order valence-corrected chi connectivity index (χ2v) is 18.3. The van der Waals surface area contributed by atoms with Gasteiger partial charge >= 0.3 is 6.85 Å². The molecule has 5 heteroatoms. The van der Waals surface area contributed by atoms with E-state index in [1.165, 1.54) is 55.6 Å². The normalized spacial score (nSPS) is 13.4. The van der Waals surface area contributed by atoms with Crippen LogP contribution in [0.25, 0.3) is 44.1 Å². The van der Waals surface area contributed by atoms with E-state index in [0.29, 0.717) is 0 Å². The number of fused-ring (bicyclic) bond motifs is 9. The number of furan rings is 1. The number of hydrogen-bond acceptors (Lipinski definition) is 3. The lowest BCUT2D eigenvalue weighted by Gasteiger charge is -2.41. The van der Waals surface area contributed by atoms with Crippen LogP contribution in [0.15, 0.2) is 156 Å². The summed E-state index contributed by atoms with van der Waals surface area (Å²) in [6.07, 6.45) is 0. The fourth-order valence-corrected chi connectivity index (χ4v) is 9.68. The van der Waals surface area contributed by atoms with Gasteiger partial charge in [-0.05, 0) is 130 Å². The molecule has 0 saturated heterocycles. The summed E-state index contributed by atoms with van der Waals surface area (Å²) >= 11 is 0. The van der Waals surface area contributed by atoms with Gasteiger partial charge in [0.05, 0.1) is 5.52 Å². The average Bonchev–Trinajstić information content (AvgIpc) is 3.75. The Kier molecular flexibility index (Phi) is 7.36. The monoisotopic (exact) mass is 751 g/mol. The fraction of sp³-hybridized carbons (Fsp3) is 0.170. The number of aromatic nitrogens is 1. The Hall–Kier alpha value is -6.46. The van der Waals surface area contributed by atoms with Crippen molar-refractivity contribution in [2.45, 2.75) is 59.3 Å². The summed E-state index contributed by atoms with van der Waals surface area (Å²) in [4.78, 5) is 4.92. The topological polar surface area (TPSA) is 24.6 Å². The summed E-state index contributed by atoms with van der Waals surface area (Å²) < 4.78 is 9.39. The molecule has 0 bridgehead atoms. The minimum Gasteiger partial charge on any atom is -0.454 e. The zero-order valence-corrected chi connectivity index (χ0v) is 34.3. The molecule has 0 atom stereocenters. The van der Waals surface area contributed by atoms with Crippen LogP contribution in [0.4, 0.5) is 34.1 Å². The molecule has 9 aromatic rings. The second kappa shape index (κ2) is 12.3. The highest BCUT2D eigenvalue weighted by Gasteiger charge is 2.44. The standard InChI is InChI=1S/C53H46BN3O/c1-33-30-43-40-17-13-18-42-49(40)57(50-41-16-11-12-19-47(41)58-51(42)50)54-44-32-39(28-29-45(44)56(46(31-33)48(43)54)36-14-9-8-10-15-36)55(37-24-20-34(21-25-37)52(2,3)4)38-26-22-35(23-27-38)53(5,6)7/h8-32H,1-7H3. The second-order valence-electron chi connectivity index (χ2n) is 18.3. The summed E-state index contributed by atoms with van der Waals surface area (Å²) in [5, 5.41) is 2.29. The molecule has 0 N–H and O–H groups in total. The lowest BCUT2D eigenvalue weighted by Crippen LogP contribution is -2.56. The maximum atomic E-state index is 6.78. The molecule has 0 radical (unpaired) electrons. The van der Waals surface area contributed by atoms with Crippen LogP contribution in [-0.4, -0.2) is 11.3 Å². The quantitative estimate of drug-likeness (QED) is 0.167. The van der Waals surface area contributed by atoms with Gasteiger partial charge in [0.25, 0.3) is 0 Å². The van der Waals surface area contributed by atoms with Gasteiger partial charge in [0.2, 0.25) is 0 Å². The Balaban J connectivity index is 1.22. The van der Waals surface area contributed by atoms with Gasteiger partial charge in [-0.1, -0.05) is 114 Å². The van der Waals surface area contributed by atoms with E-state index in [1.807, 2.05) is 0 Å². The largest absolute Gasteiger partial charge is 0.454 e. The lowest BCUT2D eigenvalue weighted by atomic mass is 9.45. The van der Waals surface area contributed by atoms with Crippen molar-refractivity contribution in [2.75, 3.05) is 9.80 Å². The van der Waals surface area contributed by atoms with Crippen LogP contribution in [0.2, 0.25) is 0 Å². The maximum absolute atomic E-state index is 6.78. The van der Waals surface area contributed by atoms with Crippen molar-refractivity contribution in [3.63, 3.8) is 0 Å². The molecular weight excluding hydrogens is 705 g/mol. The number of benzene rings is 7. The van der Waals surface area contributed by atoms with Crippen molar-refractivity contribution in [3.8, 4) is 11.1 Å². The molecule has 7 aromatic carbocycles. The Labute approximate surface area is 341 Å². The summed E-state index contributed by atoms with van der Waals surface area (Å²) in [6, 6.07) is 56.4. The maximum Gasteiger partial charge on any atom is 0.333 e. The van der Waals surface area contributed by atoms with Crippen molar-refractivity contribution >= 4 is 84.9 Å². The van der Waals surface area contributed by atoms with E-state index in [2.05, 4.69) is 214 Å². The molecule has 282 valence electrons. The van der Waals surface area contributed by atoms with Crippen LogP contribution in [0.3, 0.4) is 0 Å². The molecule has 4 nitrogen and oxygen atoms in total. The molecule has 2 aliphatic heterocycles. The van der Waals surface area contributed by atoms with E-state index in [0.717, 1.165) is 50.2 Å². The molecular formula is C53H46BN3O. The van der Waals surface area contributed by atoms with E-state index in [4.69, 9.17) is 4.42 Å². The first-order chi connectivity index (χ1) is 28.0. The van der Waals surface area contributed by atoms with Gasteiger partial charge in [-0.15, -0.1) is 0 Å². The van der Waals surface area contributed by atoms with Gasteiger partial charge in [-0.3, -0.25) is 0 Å². The first-order valence-corrected chi connectivity index (χ1v) is 20.6. The number of aryl methyl sites for hydroxylation is 1. The molecule has 4 heterocycles. The Morgan fingerprint density at radius 3 is 1.83 bits per heavy atom. The molecule has 0 spiro atoms. The van der Waals surface area contributed by atoms with E-state index >= 15 is 0 Å². The van der Waals surface area contributed by atoms with Gasteiger partial charge in [0.1, 0.15) is 5.58 Å². The third kappa shape index (κ3) is 5.08. The number of para-hydroxylation sites is 3. The van der Waals surface area contributed by atoms with E-state index in [1.54, 1.807) is 0 Å². The third-order valence-electron chi connectivity index (χ3n) is 12.5. The van der Waals surface area contributed by atoms with E-state index in [-0.39, 0.29) is 17.7 Å². The zero-order valence-electron chi connectivity index (χ0n) is 34.3. The van der Waals surface area contributed by atoms with Gasteiger partial charge in [0.15, 0.2) is 5.58 Å². The smallest absolute Gasteiger partial charge is 0.333 e. The molecule has 0 aliphatic carbocycles. The van der Waals surface area contributed by atoms with Crippen molar-refractivity contribution in [1.29, 1.82) is 0 Å². The molecule has 0 saturated carbocycles. The SMILES string of the molecule is Cc1cc2c3c(c1)N(c1ccccc1)c1ccc(N(c4ccc(C(C)(C)C)cc4)c4ccc(C(C)(C)C)cc4)cc1B3n1c3c-2cccc3c2oc3ccccc3c21. The van der Waals surface area contributed by atoms with Crippen LogP contribution in [-0.2, 0) is 10.8 Å². The summed E-state index contributed by atoms with van der Waals surface area (Å²) in [7, 11) is 0. The molecule has 0 amide bonds. The minimum absolute atomic E-state index is 0.0514. The molecule has 0 unspecified atom stereocenters. The summed E-state index contributed by atoms with van der Waals surface area (Å²) in [5.74, 6) is 0. The first-order valence-electron chi connectivity index (χ1n) is 20.6. The van der Waals surface area contributed by atoms with Gasteiger partial charge in [-0.25, -0.2) is 0 Å². The molecule has 2 aliphatic rings. The zero-order chi connectivity index (χ0) is 39.7. The summed E-state index contributed by atoms with van der Waals surface area (Å²) in [5.41, 5.74) is 20.2.